The van der Waals surface area contributed by atoms with E-state index in [0.29, 0.717) is 6.10 Å². The van der Waals surface area contributed by atoms with Gasteiger partial charge in [0.2, 0.25) is 0 Å². The standard InChI is InChI=1S/C8H19NOS/c1-7(10-4)5-11-6-8(2,3)9/h7H,5-6,9H2,1-4H3. The van der Waals surface area contributed by atoms with E-state index in [9.17, 15) is 0 Å². The molecule has 0 aromatic heterocycles. The van der Waals surface area contributed by atoms with Crippen molar-refractivity contribution >= 4 is 11.8 Å². The maximum atomic E-state index is 5.80. The van der Waals surface area contributed by atoms with Gasteiger partial charge in [-0.05, 0) is 20.8 Å². The van der Waals surface area contributed by atoms with Crippen molar-refractivity contribution in [3.05, 3.63) is 0 Å². The zero-order valence-electron chi connectivity index (χ0n) is 7.89. The van der Waals surface area contributed by atoms with E-state index < -0.39 is 0 Å². The van der Waals surface area contributed by atoms with Gasteiger partial charge in [0.25, 0.3) is 0 Å². The normalized spacial score (nSPS) is 15.0. The maximum Gasteiger partial charge on any atom is 0.0633 e. The number of nitrogens with two attached hydrogens (primary N) is 1. The monoisotopic (exact) mass is 177 g/mol. The van der Waals surface area contributed by atoms with Crippen LogP contribution in [0.3, 0.4) is 0 Å². The molecule has 0 bridgehead atoms. The van der Waals surface area contributed by atoms with Gasteiger partial charge in [0.05, 0.1) is 6.10 Å². The van der Waals surface area contributed by atoms with Gasteiger partial charge < -0.3 is 10.5 Å². The van der Waals surface area contributed by atoms with Gasteiger partial charge >= 0.3 is 0 Å². The minimum absolute atomic E-state index is 0.0574. The Morgan fingerprint density at radius 1 is 1.55 bits per heavy atom. The molecule has 0 aromatic rings. The largest absolute Gasteiger partial charge is 0.381 e. The minimum Gasteiger partial charge on any atom is -0.381 e. The highest BCUT2D eigenvalue weighted by Gasteiger charge is 2.10. The van der Waals surface area contributed by atoms with Crippen molar-refractivity contribution < 1.29 is 4.74 Å². The number of hydrogen-bond acceptors (Lipinski definition) is 3. The third-order valence-electron chi connectivity index (χ3n) is 1.23. The number of methoxy groups -OCH3 is 1. The van der Waals surface area contributed by atoms with E-state index in [1.54, 1.807) is 7.11 Å². The van der Waals surface area contributed by atoms with Crippen LogP contribution in [0.4, 0.5) is 0 Å². The first-order valence-electron chi connectivity index (χ1n) is 3.85. The lowest BCUT2D eigenvalue weighted by Gasteiger charge is -2.18. The van der Waals surface area contributed by atoms with Gasteiger partial charge in [0, 0.05) is 24.2 Å². The summed E-state index contributed by atoms with van der Waals surface area (Å²) in [6.07, 6.45) is 0.336. The molecule has 11 heavy (non-hydrogen) atoms. The fourth-order valence-electron chi connectivity index (χ4n) is 0.556. The quantitative estimate of drug-likeness (QED) is 0.691. The van der Waals surface area contributed by atoms with Crippen molar-refractivity contribution in [2.24, 2.45) is 5.73 Å². The second-order valence-corrected chi connectivity index (χ2v) is 4.58. The van der Waals surface area contributed by atoms with E-state index in [2.05, 4.69) is 6.92 Å². The Morgan fingerprint density at radius 3 is 2.45 bits per heavy atom. The fraction of sp³-hybridized carbons (Fsp3) is 1.00. The first kappa shape index (κ1) is 11.3. The van der Waals surface area contributed by atoms with Crippen LogP contribution in [-0.4, -0.2) is 30.3 Å². The first-order chi connectivity index (χ1) is 4.95. The molecule has 0 aliphatic rings. The number of ether oxygens (including phenoxy) is 1. The van der Waals surface area contributed by atoms with E-state index in [1.807, 2.05) is 25.6 Å². The number of rotatable bonds is 5. The molecular formula is C8H19NOS. The van der Waals surface area contributed by atoms with Gasteiger partial charge in [-0.3, -0.25) is 0 Å². The molecule has 0 fully saturated rings. The average Bonchev–Trinajstić information content (AvgIpc) is 1.85. The molecule has 2 N–H and O–H groups in total. The lowest BCUT2D eigenvalue weighted by atomic mass is 10.1. The average molecular weight is 177 g/mol. The van der Waals surface area contributed by atoms with E-state index >= 15 is 0 Å². The predicted octanol–water partition coefficient (Wildman–Crippen LogP) is 1.49. The zero-order valence-corrected chi connectivity index (χ0v) is 8.70. The van der Waals surface area contributed by atoms with Crippen molar-refractivity contribution in [1.29, 1.82) is 0 Å². The van der Waals surface area contributed by atoms with Crippen molar-refractivity contribution in [3.63, 3.8) is 0 Å². The molecule has 0 radical (unpaired) electrons. The van der Waals surface area contributed by atoms with E-state index in [0.717, 1.165) is 11.5 Å². The Balaban J connectivity index is 3.28. The molecule has 0 spiro atoms. The van der Waals surface area contributed by atoms with E-state index in [1.165, 1.54) is 0 Å². The number of hydrogen-bond donors (Lipinski definition) is 1. The zero-order chi connectivity index (χ0) is 8.91. The van der Waals surface area contributed by atoms with Crippen LogP contribution in [0.5, 0.6) is 0 Å². The molecule has 0 aliphatic carbocycles. The Labute approximate surface area is 73.9 Å². The third kappa shape index (κ3) is 8.17. The van der Waals surface area contributed by atoms with Crippen LogP contribution in [0.2, 0.25) is 0 Å². The Hall–Kier alpha value is 0.270. The molecule has 0 amide bonds. The van der Waals surface area contributed by atoms with Crippen molar-refractivity contribution in [2.45, 2.75) is 32.4 Å². The van der Waals surface area contributed by atoms with Crippen molar-refractivity contribution in [3.8, 4) is 0 Å². The molecule has 3 heteroatoms. The molecule has 0 aromatic carbocycles. The highest BCUT2D eigenvalue weighted by molar-refractivity contribution is 7.99. The van der Waals surface area contributed by atoms with Crippen LogP contribution in [-0.2, 0) is 4.74 Å². The van der Waals surface area contributed by atoms with Gasteiger partial charge in [0.15, 0.2) is 0 Å². The molecule has 1 unspecified atom stereocenters. The topological polar surface area (TPSA) is 35.2 Å². The van der Waals surface area contributed by atoms with Gasteiger partial charge in [-0.15, -0.1) is 0 Å². The van der Waals surface area contributed by atoms with Crippen LogP contribution < -0.4 is 5.73 Å². The van der Waals surface area contributed by atoms with Crippen LogP contribution in [0.15, 0.2) is 0 Å². The van der Waals surface area contributed by atoms with Gasteiger partial charge in [-0.1, -0.05) is 0 Å². The second kappa shape index (κ2) is 5.01. The van der Waals surface area contributed by atoms with Crippen LogP contribution >= 0.6 is 11.8 Å². The highest BCUT2D eigenvalue weighted by atomic mass is 32.2. The molecule has 0 rings (SSSR count). The molecule has 68 valence electrons. The summed E-state index contributed by atoms with van der Waals surface area (Å²) in [5.41, 5.74) is 5.74. The maximum absolute atomic E-state index is 5.80. The first-order valence-corrected chi connectivity index (χ1v) is 5.00. The van der Waals surface area contributed by atoms with E-state index in [-0.39, 0.29) is 5.54 Å². The molecule has 1 atom stereocenters. The van der Waals surface area contributed by atoms with Crippen molar-refractivity contribution in [2.75, 3.05) is 18.6 Å². The summed E-state index contributed by atoms with van der Waals surface area (Å²) in [4.78, 5) is 0. The van der Waals surface area contributed by atoms with Crippen molar-refractivity contribution in [1.82, 2.24) is 0 Å². The third-order valence-corrected chi connectivity index (χ3v) is 2.88. The Morgan fingerprint density at radius 2 is 2.09 bits per heavy atom. The van der Waals surface area contributed by atoms with Crippen LogP contribution in [0.25, 0.3) is 0 Å². The molecular weight excluding hydrogens is 158 g/mol. The lowest BCUT2D eigenvalue weighted by Crippen LogP contribution is -2.35. The summed E-state index contributed by atoms with van der Waals surface area (Å²) >= 11 is 1.84. The molecule has 0 saturated heterocycles. The molecule has 0 aliphatic heterocycles. The number of thioether (sulfide) groups is 1. The molecule has 0 heterocycles. The second-order valence-electron chi connectivity index (χ2n) is 3.55. The summed E-state index contributed by atoms with van der Waals surface area (Å²) in [6.45, 7) is 6.14. The predicted molar refractivity (Wildman–Crippen MR) is 52.1 cm³/mol. The lowest BCUT2D eigenvalue weighted by molar-refractivity contribution is 0.138. The smallest absolute Gasteiger partial charge is 0.0633 e. The fourth-order valence-corrected chi connectivity index (χ4v) is 1.67. The molecule has 0 saturated carbocycles. The van der Waals surface area contributed by atoms with Gasteiger partial charge in [-0.2, -0.15) is 11.8 Å². The summed E-state index contributed by atoms with van der Waals surface area (Å²) < 4.78 is 5.10. The van der Waals surface area contributed by atoms with Gasteiger partial charge in [0.1, 0.15) is 0 Å². The minimum atomic E-state index is -0.0574. The SMILES string of the molecule is COC(C)CSCC(C)(C)N. The summed E-state index contributed by atoms with van der Waals surface area (Å²) in [5.74, 6) is 2.01. The summed E-state index contributed by atoms with van der Waals surface area (Å²) in [6, 6.07) is 0. The van der Waals surface area contributed by atoms with Crippen LogP contribution in [0.1, 0.15) is 20.8 Å². The van der Waals surface area contributed by atoms with E-state index in [4.69, 9.17) is 10.5 Å². The van der Waals surface area contributed by atoms with Crippen LogP contribution in [0, 0.1) is 0 Å². The Kier molecular flexibility index (Phi) is 5.13. The summed E-state index contributed by atoms with van der Waals surface area (Å²) in [7, 11) is 1.73. The van der Waals surface area contributed by atoms with Gasteiger partial charge in [-0.25, -0.2) is 0 Å². The Bertz CT molecular complexity index is 101. The summed E-state index contributed by atoms with van der Waals surface area (Å²) in [5, 5.41) is 0. The molecule has 2 nitrogen and oxygen atoms in total. The highest BCUT2D eigenvalue weighted by Crippen LogP contribution is 2.11.